The van der Waals surface area contributed by atoms with Crippen molar-refractivity contribution in [2.45, 2.75) is 45.4 Å². The van der Waals surface area contributed by atoms with Gasteiger partial charge in [-0.15, -0.1) is 0 Å². The molecule has 3 nitrogen and oxygen atoms in total. The Morgan fingerprint density at radius 2 is 1.59 bits per heavy atom. The summed E-state index contributed by atoms with van der Waals surface area (Å²) in [5.41, 5.74) is 0. The smallest absolute Gasteiger partial charge is 0.344 e. The summed E-state index contributed by atoms with van der Waals surface area (Å²) in [6, 6.07) is 2.95. The molecule has 124 valence electrons. The summed E-state index contributed by atoms with van der Waals surface area (Å²) >= 11 is 17.6. The molecule has 0 aliphatic heterocycles. The van der Waals surface area contributed by atoms with E-state index >= 15 is 0 Å². The van der Waals surface area contributed by atoms with Crippen LogP contribution in [0.15, 0.2) is 12.1 Å². The van der Waals surface area contributed by atoms with E-state index < -0.39 is 5.97 Å². The van der Waals surface area contributed by atoms with Gasteiger partial charge in [0.05, 0.1) is 21.7 Å². The average Bonchev–Trinajstić information content (AvgIpc) is 2.48. The lowest BCUT2D eigenvalue weighted by atomic mass is 10.1. The first-order valence-electron chi connectivity index (χ1n) is 7.47. The first kappa shape index (κ1) is 19.4. The average molecular weight is 368 g/mol. The van der Waals surface area contributed by atoms with Gasteiger partial charge in [0.2, 0.25) is 0 Å². The van der Waals surface area contributed by atoms with Crippen molar-refractivity contribution in [3.8, 4) is 5.75 Å². The second-order valence-corrected chi connectivity index (χ2v) is 6.20. The SMILES string of the molecule is CCCCCCCCOC(=O)COc1cc(Cl)c(Cl)cc1Cl. The second kappa shape index (κ2) is 11.0. The molecule has 0 amide bonds. The van der Waals surface area contributed by atoms with Gasteiger partial charge in [-0.05, 0) is 12.5 Å². The van der Waals surface area contributed by atoms with Crippen molar-refractivity contribution < 1.29 is 14.3 Å². The van der Waals surface area contributed by atoms with Crippen LogP contribution < -0.4 is 4.74 Å². The third-order valence-corrected chi connectivity index (χ3v) is 4.10. The van der Waals surface area contributed by atoms with Gasteiger partial charge in [-0.3, -0.25) is 0 Å². The predicted octanol–water partition coefficient (Wildman–Crippen LogP) is 5.93. The highest BCUT2D eigenvalue weighted by Gasteiger charge is 2.10. The molecule has 0 saturated carbocycles. The van der Waals surface area contributed by atoms with Crippen LogP contribution in [0, 0.1) is 0 Å². The van der Waals surface area contributed by atoms with E-state index in [4.69, 9.17) is 44.3 Å². The molecule has 0 saturated heterocycles. The molecule has 0 aliphatic carbocycles. The van der Waals surface area contributed by atoms with E-state index in [1.807, 2.05) is 0 Å². The maximum atomic E-state index is 11.6. The fourth-order valence-corrected chi connectivity index (χ4v) is 2.45. The number of halogens is 3. The third kappa shape index (κ3) is 7.57. The largest absolute Gasteiger partial charge is 0.480 e. The lowest BCUT2D eigenvalue weighted by Crippen LogP contribution is -2.15. The summed E-state index contributed by atoms with van der Waals surface area (Å²) in [7, 11) is 0. The minimum Gasteiger partial charge on any atom is -0.480 e. The Morgan fingerprint density at radius 1 is 0.955 bits per heavy atom. The molecule has 0 spiro atoms. The van der Waals surface area contributed by atoms with E-state index in [0.29, 0.717) is 27.4 Å². The summed E-state index contributed by atoms with van der Waals surface area (Å²) in [6.45, 7) is 2.40. The van der Waals surface area contributed by atoms with Gasteiger partial charge in [0.25, 0.3) is 0 Å². The molecule has 1 rings (SSSR count). The third-order valence-electron chi connectivity index (χ3n) is 3.08. The van der Waals surface area contributed by atoms with E-state index in [1.165, 1.54) is 37.8 Å². The maximum Gasteiger partial charge on any atom is 0.344 e. The molecule has 0 radical (unpaired) electrons. The molecule has 0 fully saturated rings. The minimum absolute atomic E-state index is 0.201. The van der Waals surface area contributed by atoms with Crippen molar-refractivity contribution in [2.24, 2.45) is 0 Å². The van der Waals surface area contributed by atoms with Gasteiger partial charge >= 0.3 is 5.97 Å². The monoisotopic (exact) mass is 366 g/mol. The van der Waals surface area contributed by atoms with Gasteiger partial charge in [-0.1, -0.05) is 73.8 Å². The zero-order valence-corrected chi connectivity index (χ0v) is 14.9. The quantitative estimate of drug-likeness (QED) is 0.292. The van der Waals surface area contributed by atoms with Crippen molar-refractivity contribution >= 4 is 40.8 Å². The van der Waals surface area contributed by atoms with Crippen LogP contribution >= 0.6 is 34.8 Å². The fourth-order valence-electron chi connectivity index (χ4n) is 1.86. The molecule has 0 atom stereocenters. The summed E-state index contributed by atoms with van der Waals surface area (Å²) in [6.07, 6.45) is 6.86. The van der Waals surface area contributed by atoms with Crippen LogP contribution in [-0.2, 0) is 9.53 Å². The number of esters is 1. The number of ether oxygens (including phenoxy) is 2. The predicted molar refractivity (Wildman–Crippen MR) is 91.3 cm³/mol. The van der Waals surface area contributed by atoms with Crippen LogP contribution in [0.3, 0.4) is 0 Å². The molecular formula is C16H21Cl3O3. The standard InChI is InChI=1S/C16H21Cl3O3/c1-2-3-4-5-6-7-8-21-16(20)11-22-15-10-13(18)12(17)9-14(15)19/h9-10H,2-8,11H2,1H3. The number of benzene rings is 1. The van der Waals surface area contributed by atoms with E-state index in [0.717, 1.165) is 12.8 Å². The molecule has 0 aliphatic rings. The van der Waals surface area contributed by atoms with E-state index in [9.17, 15) is 4.79 Å². The van der Waals surface area contributed by atoms with Crippen molar-refractivity contribution in [3.63, 3.8) is 0 Å². The number of hydrogen-bond donors (Lipinski definition) is 0. The van der Waals surface area contributed by atoms with Gasteiger partial charge in [-0.25, -0.2) is 4.79 Å². The number of unbranched alkanes of at least 4 members (excludes halogenated alkanes) is 5. The molecule has 0 bridgehead atoms. The van der Waals surface area contributed by atoms with Gasteiger partial charge in [-0.2, -0.15) is 0 Å². The minimum atomic E-state index is -0.421. The number of carbonyl (C=O) groups is 1. The van der Waals surface area contributed by atoms with Crippen molar-refractivity contribution in [1.82, 2.24) is 0 Å². The van der Waals surface area contributed by atoms with Crippen LogP contribution in [0.25, 0.3) is 0 Å². The van der Waals surface area contributed by atoms with Crippen molar-refractivity contribution in [2.75, 3.05) is 13.2 Å². The maximum absolute atomic E-state index is 11.6. The van der Waals surface area contributed by atoms with E-state index in [2.05, 4.69) is 6.92 Å². The summed E-state index contributed by atoms with van der Waals surface area (Å²) in [4.78, 5) is 11.6. The van der Waals surface area contributed by atoms with Crippen molar-refractivity contribution in [1.29, 1.82) is 0 Å². The molecular weight excluding hydrogens is 347 g/mol. The van der Waals surface area contributed by atoms with Gasteiger partial charge in [0.1, 0.15) is 5.75 Å². The molecule has 0 unspecified atom stereocenters. The van der Waals surface area contributed by atoms with Crippen LogP contribution in [0.4, 0.5) is 0 Å². The zero-order valence-electron chi connectivity index (χ0n) is 12.7. The lowest BCUT2D eigenvalue weighted by molar-refractivity contribution is -0.146. The van der Waals surface area contributed by atoms with Gasteiger partial charge in [0, 0.05) is 6.07 Å². The zero-order chi connectivity index (χ0) is 16.4. The van der Waals surface area contributed by atoms with Gasteiger partial charge < -0.3 is 9.47 Å². The Balaban J connectivity index is 2.19. The number of hydrogen-bond acceptors (Lipinski definition) is 3. The first-order valence-corrected chi connectivity index (χ1v) is 8.61. The number of rotatable bonds is 10. The van der Waals surface area contributed by atoms with E-state index in [1.54, 1.807) is 0 Å². The molecule has 1 aromatic rings. The lowest BCUT2D eigenvalue weighted by Gasteiger charge is -2.09. The number of carbonyl (C=O) groups excluding carboxylic acids is 1. The molecule has 22 heavy (non-hydrogen) atoms. The van der Waals surface area contributed by atoms with Gasteiger partial charge in [0.15, 0.2) is 6.61 Å². The summed E-state index contributed by atoms with van der Waals surface area (Å²) in [5.74, 6) is -0.108. The molecule has 0 N–H and O–H groups in total. The van der Waals surface area contributed by atoms with Crippen molar-refractivity contribution in [3.05, 3.63) is 27.2 Å². The van der Waals surface area contributed by atoms with Crippen LogP contribution in [0.1, 0.15) is 45.4 Å². The Labute approximate surface area is 146 Å². The highest BCUT2D eigenvalue weighted by atomic mass is 35.5. The Morgan fingerprint density at radius 3 is 2.32 bits per heavy atom. The molecule has 1 aromatic carbocycles. The van der Waals surface area contributed by atoms with Crippen LogP contribution in [-0.4, -0.2) is 19.2 Å². The van der Waals surface area contributed by atoms with E-state index in [-0.39, 0.29) is 6.61 Å². The second-order valence-electron chi connectivity index (χ2n) is 4.97. The van der Waals surface area contributed by atoms with Crippen LogP contribution in [0.2, 0.25) is 15.1 Å². The Bertz CT molecular complexity index is 478. The molecule has 6 heteroatoms. The van der Waals surface area contributed by atoms with Crippen LogP contribution in [0.5, 0.6) is 5.75 Å². The Kier molecular flexibility index (Phi) is 9.69. The summed E-state index contributed by atoms with van der Waals surface area (Å²) in [5, 5.41) is 0.962. The fraction of sp³-hybridized carbons (Fsp3) is 0.562. The first-order chi connectivity index (χ1) is 10.5. The normalized spacial score (nSPS) is 10.5. The summed E-state index contributed by atoms with van der Waals surface area (Å²) < 4.78 is 10.4. The molecule has 0 aromatic heterocycles. The molecule has 0 heterocycles. The Hall–Kier alpha value is -0.640. The highest BCUT2D eigenvalue weighted by molar-refractivity contribution is 6.43. The topological polar surface area (TPSA) is 35.5 Å². The highest BCUT2D eigenvalue weighted by Crippen LogP contribution is 2.33.